The number of aryl methyl sites for hydroxylation is 2. The van der Waals surface area contributed by atoms with Crippen LogP contribution < -0.4 is 15.4 Å². The van der Waals surface area contributed by atoms with Crippen LogP contribution in [-0.2, 0) is 35.9 Å². The van der Waals surface area contributed by atoms with Crippen LogP contribution in [0.1, 0.15) is 29.2 Å². The molecule has 2 aromatic heterocycles. The number of aromatic nitrogens is 4. The summed E-state index contributed by atoms with van der Waals surface area (Å²) in [5.74, 6) is 0.562. The highest BCUT2D eigenvalue weighted by atomic mass is 32.2. The summed E-state index contributed by atoms with van der Waals surface area (Å²) >= 11 is -0.794. The topological polar surface area (TPSA) is 146 Å². The third kappa shape index (κ3) is 6.23. The number of hydrogen-bond acceptors (Lipinski definition) is 9. The summed E-state index contributed by atoms with van der Waals surface area (Å²) in [6, 6.07) is 6.83. The third-order valence-corrected chi connectivity index (χ3v) is 5.70. The van der Waals surface area contributed by atoms with Crippen LogP contribution in [0.25, 0.3) is 0 Å². The van der Waals surface area contributed by atoms with Crippen molar-refractivity contribution in [1.29, 1.82) is 0 Å². The Morgan fingerprint density at radius 2 is 2.06 bits per heavy atom. The lowest BCUT2D eigenvalue weighted by molar-refractivity contribution is 0.186. The molecule has 0 spiro atoms. The number of anilines is 3. The molecule has 1 unspecified atom stereocenters. The van der Waals surface area contributed by atoms with Crippen LogP contribution in [0.15, 0.2) is 29.6 Å². The Bertz CT molecular complexity index is 1050. The number of ether oxygens (including phenoxy) is 1. The first-order chi connectivity index (χ1) is 14.9. The molecule has 3 N–H and O–H groups in total. The molecular formula is C18H22N7O4S2-. The zero-order chi connectivity index (χ0) is 22.4. The van der Waals surface area contributed by atoms with Gasteiger partial charge in [-0.1, -0.05) is 19.1 Å². The highest BCUT2D eigenvalue weighted by Gasteiger charge is 2.19. The molecule has 13 heteroatoms. The number of carbonyl (C=O) groups excluding carboxylic acids is 1. The number of methoxy groups -OCH3 is 1. The van der Waals surface area contributed by atoms with E-state index in [1.807, 2.05) is 24.4 Å². The number of rotatable bonds is 9. The zero-order valence-electron chi connectivity index (χ0n) is 17.1. The monoisotopic (exact) mass is 464 g/mol. The van der Waals surface area contributed by atoms with Gasteiger partial charge in [0.05, 0.1) is 23.9 Å². The average Bonchev–Trinajstić information content (AvgIpc) is 3.35. The first-order valence-electron chi connectivity index (χ1n) is 9.29. The number of nitrogens with one attached hydrogen (secondary N) is 3. The first kappa shape index (κ1) is 22.7. The average molecular weight is 465 g/mol. The number of nitrogens with zero attached hydrogens (tertiary/aromatic N) is 4. The molecule has 0 bridgehead atoms. The predicted octanol–water partition coefficient (Wildman–Crippen LogP) is 2.61. The maximum atomic E-state index is 11.5. The lowest BCUT2D eigenvalue weighted by atomic mass is 10.0. The number of amides is 1. The maximum absolute atomic E-state index is 11.5. The fraction of sp³-hybridized carbons (Fsp3) is 0.333. The fourth-order valence-corrected chi connectivity index (χ4v) is 3.90. The molecule has 2 atom stereocenters. The van der Waals surface area contributed by atoms with E-state index >= 15 is 0 Å². The van der Waals surface area contributed by atoms with Gasteiger partial charge >= 0.3 is 6.09 Å². The van der Waals surface area contributed by atoms with Crippen molar-refractivity contribution in [2.45, 2.75) is 25.8 Å². The minimum Gasteiger partial charge on any atom is -0.755 e. The summed E-state index contributed by atoms with van der Waals surface area (Å²) in [7, 11) is 2.92. The quantitative estimate of drug-likeness (QED) is 0.410. The molecule has 2 heterocycles. The fourth-order valence-electron chi connectivity index (χ4n) is 2.77. The summed E-state index contributed by atoms with van der Waals surface area (Å²) < 4.78 is 29.9. The van der Waals surface area contributed by atoms with Gasteiger partial charge in [0.2, 0.25) is 11.9 Å². The Kier molecular flexibility index (Phi) is 7.55. The van der Waals surface area contributed by atoms with Crippen molar-refractivity contribution in [3.05, 3.63) is 45.9 Å². The summed E-state index contributed by atoms with van der Waals surface area (Å²) in [6.07, 6.45) is 0.753. The van der Waals surface area contributed by atoms with Crippen LogP contribution in [-0.4, -0.2) is 41.7 Å². The molecule has 0 saturated carbocycles. The van der Waals surface area contributed by atoms with E-state index in [-0.39, 0.29) is 12.0 Å². The van der Waals surface area contributed by atoms with Gasteiger partial charge in [-0.25, -0.2) is 14.5 Å². The van der Waals surface area contributed by atoms with Crippen molar-refractivity contribution >= 4 is 46.3 Å². The van der Waals surface area contributed by atoms with Gasteiger partial charge in [-0.2, -0.15) is 4.98 Å². The van der Waals surface area contributed by atoms with Crippen molar-refractivity contribution in [3.8, 4) is 0 Å². The Labute approximate surface area is 185 Å². The second-order valence-corrected chi connectivity index (χ2v) is 8.07. The normalized spacial score (nSPS) is 12.8. The molecule has 31 heavy (non-hydrogen) atoms. The molecule has 3 aromatic rings. The van der Waals surface area contributed by atoms with Gasteiger partial charge in [0.1, 0.15) is 0 Å². The Hall–Kier alpha value is -3.03. The van der Waals surface area contributed by atoms with Crippen LogP contribution in [0.2, 0.25) is 0 Å². The highest BCUT2D eigenvalue weighted by Crippen LogP contribution is 2.25. The second-order valence-electron chi connectivity index (χ2n) is 6.45. The molecule has 3 rings (SSSR count). The van der Waals surface area contributed by atoms with Gasteiger partial charge in [0.15, 0.2) is 0 Å². The largest absolute Gasteiger partial charge is 0.755 e. The Balaban J connectivity index is 1.81. The Morgan fingerprint density at radius 1 is 1.32 bits per heavy atom. The molecule has 0 aliphatic carbocycles. The lowest BCUT2D eigenvalue weighted by Crippen LogP contribution is -2.16. The van der Waals surface area contributed by atoms with E-state index in [1.54, 1.807) is 30.5 Å². The summed E-state index contributed by atoms with van der Waals surface area (Å²) in [5.41, 5.74) is 2.29. The first-order valence-corrected chi connectivity index (χ1v) is 11.2. The van der Waals surface area contributed by atoms with Crippen molar-refractivity contribution in [2.75, 3.05) is 22.5 Å². The van der Waals surface area contributed by atoms with E-state index in [4.69, 9.17) is 0 Å². The minimum atomic E-state index is -2.37. The number of hydrogen-bond donors (Lipinski definition) is 3. The lowest BCUT2D eigenvalue weighted by Gasteiger charge is -2.16. The van der Waals surface area contributed by atoms with E-state index in [0.29, 0.717) is 18.1 Å². The van der Waals surface area contributed by atoms with E-state index < -0.39 is 17.4 Å². The summed E-state index contributed by atoms with van der Waals surface area (Å²) in [5, 5.41) is 13.1. The Morgan fingerprint density at radius 3 is 2.68 bits per heavy atom. The molecule has 166 valence electrons. The zero-order valence-corrected chi connectivity index (χ0v) is 18.7. The molecule has 0 radical (unpaired) electrons. The second kappa shape index (κ2) is 10.3. The van der Waals surface area contributed by atoms with Crippen molar-refractivity contribution in [3.63, 3.8) is 0 Å². The minimum absolute atomic E-state index is 0.238. The van der Waals surface area contributed by atoms with Gasteiger partial charge in [0.25, 0.3) is 0 Å². The van der Waals surface area contributed by atoms with Crippen LogP contribution >= 0.6 is 11.3 Å². The molecule has 11 nitrogen and oxygen atoms in total. The van der Waals surface area contributed by atoms with E-state index in [2.05, 4.69) is 35.2 Å². The highest BCUT2D eigenvalue weighted by molar-refractivity contribution is 7.80. The molecule has 0 saturated heterocycles. The van der Waals surface area contributed by atoms with Gasteiger partial charge in [0, 0.05) is 29.4 Å². The molecule has 0 aliphatic rings. The molecule has 1 amide bonds. The number of carbonyl (C=O) groups is 1. The van der Waals surface area contributed by atoms with E-state index in [0.717, 1.165) is 22.7 Å². The SMILES string of the molecule is CCc1nc([C@H](Cc2ccc(NS(=O)[O-])cc2)Nc2nc(NC(=O)OC)n(C)n2)cs1. The number of benzene rings is 1. The summed E-state index contributed by atoms with van der Waals surface area (Å²) in [6.45, 7) is 2.04. The van der Waals surface area contributed by atoms with Crippen LogP contribution in [0.5, 0.6) is 0 Å². The number of thiazole rings is 1. The van der Waals surface area contributed by atoms with Crippen LogP contribution in [0.4, 0.5) is 22.4 Å². The summed E-state index contributed by atoms with van der Waals surface area (Å²) in [4.78, 5) is 20.5. The molecule has 1 aromatic carbocycles. The maximum Gasteiger partial charge on any atom is 0.413 e. The van der Waals surface area contributed by atoms with Crippen LogP contribution in [0, 0.1) is 0 Å². The predicted molar refractivity (Wildman–Crippen MR) is 118 cm³/mol. The van der Waals surface area contributed by atoms with Crippen molar-refractivity contribution < 1.29 is 18.3 Å². The van der Waals surface area contributed by atoms with Crippen LogP contribution in [0.3, 0.4) is 0 Å². The van der Waals surface area contributed by atoms with E-state index in [9.17, 15) is 13.6 Å². The van der Waals surface area contributed by atoms with Gasteiger partial charge in [-0.15, -0.1) is 16.4 Å². The third-order valence-electron chi connectivity index (χ3n) is 4.29. The molecule has 0 fully saturated rings. The van der Waals surface area contributed by atoms with Crippen molar-refractivity contribution in [2.24, 2.45) is 7.05 Å². The standard InChI is InChI=1S/C18H23N7O4S2/c1-4-15-19-14(10-30-15)13(9-11-5-7-12(8-6-11)24-31(27)28)20-16-21-17(25(2)23-16)22-18(26)29-3/h5-8,10,13,24H,4,9H2,1-3H3,(H,27,28)(H2,20,21,22,23,26)/p-1/t13-/m0/s1. The molecule has 0 aliphatic heterocycles. The van der Waals surface area contributed by atoms with Gasteiger partial charge in [-0.05, 0) is 30.5 Å². The smallest absolute Gasteiger partial charge is 0.413 e. The van der Waals surface area contributed by atoms with Gasteiger partial charge in [-0.3, -0.25) is 9.53 Å². The van der Waals surface area contributed by atoms with E-state index in [1.165, 1.54) is 11.8 Å². The van der Waals surface area contributed by atoms with Crippen molar-refractivity contribution in [1.82, 2.24) is 19.7 Å². The van der Waals surface area contributed by atoms with Gasteiger partial charge < -0.3 is 19.3 Å². The molecular weight excluding hydrogens is 442 g/mol.